The van der Waals surface area contributed by atoms with Crippen molar-refractivity contribution in [1.82, 2.24) is 0 Å². The van der Waals surface area contributed by atoms with E-state index in [1.165, 1.54) is 0 Å². The number of hydrogen-bond donors (Lipinski definition) is 0. The summed E-state index contributed by atoms with van der Waals surface area (Å²) in [6.07, 6.45) is 0. The van der Waals surface area contributed by atoms with Gasteiger partial charge in [-0.3, -0.25) is 0 Å². The van der Waals surface area contributed by atoms with Crippen molar-refractivity contribution in [1.29, 1.82) is 0 Å². The normalized spacial score (nSPS) is 0. The average molecular weight is 271 g/mol. The summed E-state index contributed by atoms with van der Waals surface area (Å²) in [5.74, 6) is 0. The average Bonchev–Trinajstić information content (AvgIpc) is 0. The molecule has 0 bridgehead atoms. The molecule has 0 saturated carbocycles. The van der Waals surface area contributed by atoms with E-state index in [9.17, 15) is 0 Å². The maximum atomic E-state index is 0. The zero-order valence-electron chi connectivity index (χ0n) is 4.71. The van der Waals surface area contributed by atoms with Gasteiger partial charge in [0.25, 0.3) is 0 Å². The molecule has 0 nitrogen and oxygen atoms in total. The van der Waals surface area contributed by atoms with E-state index in [2.05, 4.69) is 0 Å². The van der Waals surface area contributed by atoms with Gasteiger partial charge in [-0.05, 0) is 0 Å². The molecule has 0 rings (SSSR count). The minimum absolute atomic E-state index is 0. The van der Waals surface area contributed by atoms with Crippen molar-refractivity contribution in [3.05, 3.63) is 0 Å². The van der Waals surface area contributed by atoms with Crippen LogP contribution in [0.1, 0.15) is 2.85 Å². The Bertz CT molecular complexity index is 13.5. The van der Waals surface area contributed by atoms with Crippen LogP contribution in [0.25, 0.3) is 0 Å². The first-order chi connectivity index (χ1) is 0. The Morgan fingerprint density at radius 2 is 1.25 bits per heavy atom. The van der Waals surface area contributed by atoms with Gasteiger partial charge in [0, 0.05) is 0 Å². The Labute approximate surface area is 94.2 Å². The van der Waals surface area contributed by atoms with E-state index in [0.29, 0.717) is 0 Å². The summed E-state index contributed by atoms with van der Waals surface area (Å²) in [6, 6.07) is 0. The van der Waals surface area contributed by atoms with Gasteiger partial charge in [0.15, 0.2) is 17.4 Å². The second-order valence-corrected chi connectivity index (χ2v) is 0. The molecule has 0 amide bonds. The molecule has 0 saturated heterocycles. The summed E-state index contributed by atoms with van der Waals surface area (Å²) in [6.45, 7) is 0. The van der Waals surface area contributed by atoms with Gasteiger partial charge in [-0.1, -0.05) is 0 Å². The monoisotopic (exact) mass is 272 g/mol. The molecule has 0 spiro atoms. The van der Waals surface area contributed by atoms with Gasteiger partial charge in [0.1, 0.15) is 0 Å². The molecule has 16 valence electrons. The van der Waals surface area contributed by atoms with Crippen LogP contribution in [0.15, 0.2) is 0 Å². The minimum atomic E-state index is 0. The fourth-order valence-corrected chi connectivity index (χ4v) is 0. The second-order valence-electron chi connectivity index (χ2n) is 0. The van der Waals surface area contributed by atoms with E-state index < -0.39 is 0 Å². The van der Waals surface area contributed by atoms with Crippen LogP contribution in [0.3, 0.4) is 0 Å². The van der Waals surface area contributed by atoms with Crippen LogP contribution in [0.5, 0.6) is 0 Å². The van der Waals surface area contributed by atoms with Crippen LogP contribution in [-0.4, -0.2) is 44.7 Å². The fraction of sp³-hybridized carbons (Fsp3) is 0. The molecule has 0 aromatic carbocycles. The Kier molecular flexibility index (Phi) is 115. The van der Waals surface area contributed by atoms with E-state index >= 15 is 0 Å². The van der Waals surface area contributed by atoms with Gasteiger partial charge in [-0.15, -0.1) is 0 Å². The number of rotatable bonds is 0. The van der Waals surface area contributed by atoms with Crippen LogP contribution >= 0.6 is 0 Å². The second kappa shape index (κ2) is 16.6. The molecule has 0 aliphatic carbocycles. The van der Waals surface area contributed by atoms with Crippen LogP contribution in [0.2, 0.25) is 0 Å². The molecular weight excluding hydrogens is 264 g/mol. The summed E-state index contributed by atoms with van der Waals surface area (Å²) in [7, 11) is 0. The van der Waals surface area contributed by atoms with Crippen molar-refractivity contribution in [2.24, 2.45) is 0 Å². The van der Waals surface area contributed by atoms with Crippen LogP contribution < -0.4 is 48.4 Å². The Morgan fingerprint density at radius 3 is 1.25 bits per heavy atom. The predicted octanol–water partition coefficient (Wildman–Crippen LogP) is -7.87. The fourth-order valence-electron chi connectivity index (χ4n) is 0. The van der Waals surface area contributed by atoms with Crippen molar-refractivity contribution in [3.8, 4) is 0 Å². The Morgan fingerprint density at radius 1 is 1.25 bits per heavy atom. The molecular formula is H7AlLiNaPb. The zero-order valence-corrected chi connectivity index (χ0v) is 10.2. The molecule has 0 fully saturated rings. The van der Waals surface area contributed by atoms with Gasteiger partial charge in [-0.2, -0.15) is 0 Å². The predicted molar refractivity (Wildman–Crippen MR) is 20.7 cm³/mol. The van der Waals surface area contributed by atoms with Gasteiger partial charge in [0.2, 0.25) is 0 Å². The van der Waals surface area contributed by atoms with Gasteiger partial charge >= 0.3 is 75.7 Å². The Balaban J connectivity index is 0. The quantitative estimate of drug-likeness (QED) is 0.384. The molecule has 4 heteroatoms. The van der Waals surface area contributed by atoms with E-state index in [4.69, 9.17) is 0 Å². The molecule has 0 atom stereocenters. The van der Waals surface area contributed by atoms with Crippen LogP contribution in [0.4, 0.5) is 0 Å². The standard InChI is InChI=1S/Al.Li.Na.Pb.7H/q;2*+1;;;;;;;2*-1. The van der Waals surface area contributed by atoms with Crippen LogP contribution in [-0.2, 0) is 0 Å². The summed E-state index contributed by atoms with van der Waals surface area (Å²) in [4.78, 5) is 0. The van der Waals surface area contributed by atoms with E-state index in [0.717, 1.165) is 0 Å². The topological polar surface area (TPSA) is 0 Å². The van der Waals surface area contributed by atoms with Crippen molar-refractivity contribution in [3.63, 3.8) is 0 Å². The summed E-state index contributed by atoms with van der Waals surface area (Å²) < 4.78 is 0. The van der Waals surface area contributed by atoms with Crippen molar-refractivity contribution in [2.45, 2.75) is 0 Å². The summed E-state index contributed by atoms with van der Waals surface area (Å²) >= 11 is 0. The van der Waals surface area contributed by atoms with Crippen molar-refractivity contribution >= 4 is 44.7 Å². The van der Waals surface area contributed by atoms with E-state index in [1.54, 1.807) is 0 Å². The van der Waals surface area contributed by atoms with Gasteiger partial charge in [-0.25, -0.2) is 0 Å². The van der Waals surface area contributed by atoms with E-state index in [1.807, 2.05) is 0 Å². The summed E-state index contributed by atoms with van der Waals surface area (Å²) in [5, 5.41) is 0. The molecule has 0 N–H and O–H groups in total. The summed E-state index contributed by atoms with van der Waals surface area (Å²) in [5.41, 5.74) is 0. The third kappa shape index (κ3) is 8.90. The maximum absolute atomic E-state index is 0. The first kappa shape index (κ1) is 27.7. The molecule has 2 radical (unpaired) electrons. The SMILES string of the molecule is [AlH3].[H-].[H-].[Li+].[Na+].[PbH2]. The molecule has 0 aliphatic heterocycles. The third-order valence-electron chi connectivity index (χ3n) is 0. The molecule has 4 heavy (non-hydrogen) atoms. The molecule has 0 unspecified atom stereocenters. The van der Waals surface area contributed by atoms with Gasteiger partial charge in [0.05, 0.1) is 0 Å². The molecule has 0 heterocycles. The Hall–Kier alpha value is 3.05. The van der Waals surface area contributed by atoms with Crippen molar-refractivity contribution < 1.29 is 51.3 Å². The zero-order chi connectivity index (χ0) is 0. The molecule has 0 aromatic heterocycles. The van der Waals surface area contributed by atoms with Crippen molar-refractivity contribution in [2.75, 3.05) is 0 Å². The first-order valence-electron chi connectivity index (χ1n) is 0. The third-order valence-corrected chi connectivity index (χ3v) is 0. The van der Waals surface area contributed by atoms with Crippen LogP contribution in [0, 0.1) is 0 Å². The number of hydrogen-bond acceptors (Lipinski definition) is 0. The molecule has 0 aromatic rings. The first-order valence-corrected chi connectivity index (χ1v) is 0. The van der Waals surface area contributed by atoms with Gasteiger partial charge < -0.3 is 2.85 Å². The molecule has 0 aliphatic rings. The van der Waals surface area contributed by atoms with E-state index in [-0.39, 0.29) is 95.9 Å².